The Kier molecular flexibility index (Phi) is 6.25. The predicted octanol–water partition coefficient (Wildman–Crippen LogP) is 9.72. The van der Waals surface area contributed by atoms with E-state index in [0.717, 1.165) is 17.1 Å². The normalized spacial score (nSPS) is 10.9. The molecule has 0 aliphatic rings. The largest absolute Gasteiger partial charge is 0.310 e. The molecule has 0 unspecified atom stereocenters. The summed E-state index contributed by atoms with van der Waals surface area (Å²) in [5.41, 5.74) is 13.4. The summed E-state index contributed by atoms with van der Waals surface area (Å²) in [5.74, 6) is 0. The molecule has 1 heteroatoms. The van der Waals surface area contributed by atoms with E-state index < -0.39 is 0 Å². The molecule has 35 heavy (non-hydrogen) atoms. The van der Waals surface area contributed by atoms with Crippen molar-refractivity contribution in [2.24, 2.45) is 0 Å². The summed E-state index contributed by atoms with van der Waals surface area (Å²) in [4.78, 5) is 2.36. The van der Waals surface area contributed by atoms with E-state index in [-0.39, 0.29) is 0 Å². The lowest BCUT2D eigenvalue weighted by atomic mass is 9.96. The summed E-state index contributed by atoms with van der Waals surface area (Å²) in [6.07, 6.45) is 0. The highest BCUT2D eigenvalue weighted by molar-refractivity contribution is 5.85. The number of hydrogen-bond acceptors (Lipinski definition) is 1. The van der Waals surface area contributed by atoms with Gasteiger partial charge in [0.15, 0.2) is 0 Å². The molecule has 5 aromatic rings. The smallest absolute Gasteiger partial charge is 0.0473 e. The van der Waals surface area contributed by atoms with Crippen molar-refractivity contribution in [2.45, 2.75) is 27.7 Å². The Morgan fingerprint density at radius 2 is 0.629 bits per heavy atom. The lowest BCUT2D eigenvalue weighted by Crippen LogP contribution is -2.10. The second-order valence-electron chi connectivity index (χ2n) is 9.51. The monoisotopic (exact) mass is 453 g/mol. The van der Waals surface area contributed by atoms with Crippen LogP contribution in [0.1, 0.15) is 22.3 Å². The van der Waals surface area contributed by atoms with Crippen LogP contribution in [0.5, 0.6) is 0 Å². The van der Waals surface area contributed by atoms with Crippen molar-refractivity contribution in [3.05, 3.63) is 138 Å². The van der Waals surface area contributed by atoms with Gasteiger partial charge in [-0.2, -0.15) is 0 Å². The molecule has 5 aromatic carbocycles. The Balaban J connectivity index is 1.74. The molecule has 0 aliphatic carbocycles. The molecule has 172 valence electrons. The van der Waals surface area contributed by atoms with E-state index in [0.29, 0.717) is 0 Å². The first-order valence-electron chi connectivity index (χ1n) is 12.2. The molecule has 0 N–H and O–H groups in total. The van der Waals surface area contributed by atoms with Crippen LogP contribution in [-0.2, 0) is 0 Å². The molecule has 0 saturated heterocycles. The molecule has 0 atom stereocenters. The number of nitrogens with zero attached hydrogens (tertiary/aromatic N) is 1. The summed E-state index contributed by atoms with van der Waals surface area (Å²) >= 11 is 0. The average molecular weight is 454 g/mol. The SMILES string of the molecule is Cc1ccc(-c2cc(-c3ccc(C)cc3)cc(N(c3ccc(C)cc3)c3ccc(C)cc3)c2)cc1. The van der Waals surface area contributed by atoms with Gasteiger partial charge in [-0.15, -0.1) is 0 Å². The van der Waals surface area contributed by atoms with Gasteiger partial charge in [0.05, 0.1) is 0 Å². The Labute approximate surface area is 209 Å². The topological polar surface area (TPSA) is 3.24 Å². The van der Waals surface area contributed by atoms with Crippen LogP contribution in [0.2, 0.25) is 0 Å². The molecule has 5 rings (SSSR count). The third-order valence-electron chi connectivity index (χ3n) is 6.53. The van der Waals surface area contributed by atoms with Crippen molar-refractivity contribution < 1.29 is 0 Å². The molecule has 0 radical (unpaired) electrons. The van der Waals surface area contributed by atoms with Crippen molar-refractivity contribution in [1.82, 2.24) is 0 Å². The van der Waals surface area contributed by atoms with Crippen LogP contribution in [0.4, 0.5) is 17.1 Å². The summed E-state index contributed by atoms with van der Waals surface area (Å²) in [7, 11) is 0. The molecular weight excluding hydrogens is 422 g/mol. The van der Waals surface area contributed by atoms with Gasteiger partial charge in [0.25, 0.3) is 0 Å². The summed E-state index contributed by atoms with van der Waals surface area (Å²) < 4.78 is 0. The predicted molar refractivity (Wildman–Crippen MR) is 151 cm³/mol. The Bertz CT molecular complexity index is 1320. The molecule has 0 spiro atoms. The molecular formula is C34H31N. The van der Waals surface area contributed by atoms with E-state index in [4.69, 9.17) is 0 Å². The molecule has 0 aliphatic heterocycles. The molecule has 0 fully saturated rings. The lowest BCUT2D eigenvalue weighted by molar-refractivity contribution is 1.27. The first-order chi connectivity index (χ1) is 17.0. The molecule has 0 amide bonds. The second-order valence-corrected chi connectivity index (χ2v) is 9.51. The highest BCUT2D eigenvalue weighted by Crippen LogP contribution is 2.39. The highest BCUT2D eigenvalue weighted by atomic mass is 15.1. The molecule has 0 bridgehead atoms. The summed E-state index contributed by atoms with van der Waals surface area (Å²) in [6, 6.07) is 42.1. The van der Waals surface area contributed by atoms with Crippen LogP contribution < -0.4 is 4.90 Å². The van der Waals surface area contributed by atoms with Gasteiger partial charge in [-0.1, -0.05) is 95.1 Å². The number of hydrogen-bond donors (Lipinski definition) is 0. The van der Waals surface area contributed by atoms with Crippen LogP contribution in [-0.4, -0.2) is 0 Å². The van der Waals surface area contributed by atoms with Crippen LogP contribution in [0.25, 0.3) is 22.3 Å². The van der Waals surface area contributed by atoms with Gasteiger partial charge in [0, 0.05) is 17.1 Å². The number of rotatable bonds is 5. The highest BCUT2D eigenvalue weighted by Gasteiger charge is 2.15. The van der Waals surface area contributed by atoms with Gasteiger partial charge in [-0.25, -0.2) is 0 Å². The summed E-state index contributed by atoms with van der Waals surface area (Å²) in [6.45, 7) is 8.53. The van der Waals surface area contributed by atoms with E-state index in [2.05, 4.69) is 148 Å². The lowest BCUT2D eigenvalue weighted by Gasteiger charge is -2.27. The minimum absolute atomic E-state index is 1.14. The average Bonchev–Trinajstić information content (AvgIpc) is 2.87. The van der Waals surface area contributed by atoms with E-state index in [9.17, 15) is 0 Å². The molecule has 0 saturated carbocycles. The van der Waals surface area contributed by atoms with Crippen LogP contribution >= 0.6 is 0 Å². The van der Waals surface area contributed by atoms with E-state index in [1.54, 1.807) is 0 Å². The van der Waals surface area contributed by atoms with Crippen molar-refractivity contribution in [1.29, 1.82) is 0 Å². The van der Waals surface area contributed by atoms with Gasteiger partial charge < -0.3 is 4.90 Å². The summed E-state index contributed by atoms with van der Waals surface area (Å²) in [5, 5.41) is 0. The number of anilines is 3. The van der Waals surface area contributed by atoms with Crippen LogP contribution in [0.15, 0.2) is 115 Å². The number of aryl methyl sites for hydroxylation is 4. The first-order valence-corrected chi connectivity index (χ1v) is 12.2. The van der Waals surface area contributed by atoms with Gasteiger partial charge in [-0.3, -0.25) is 0 Å². The fraction of sp³-hybridized carbons (Fsp3) is 0.118. The van der Waals surface area contributed by atoms with Crippen molar-refractivity contribution in [2.75, 3.05) is 4.90 Å². The van der Waals surface area contributed by atoms with Gasteiger partial charge in [-0.05, 0) is 92.4 Å². The van der Waals surface area contributed by atoms with Crippen molar-refractivity contribution in [3.8, 4) is 22.3 Å². The zero-order chi connectivity index (χ0) is 24.4. The quantitative estimate of drug-likeness (QED) is 0.256. The van der Waals surface area contributed by atoms with Gasteiger partial charge >= 0.3 is 0 Å². The zero-order valence-electron chi connectivity index (χ0n) is 20.9. The molecule has 1 nitrogen and oxygen atoms in total. The Morgan fingerprint density at radius 1 is 0.314 bits per heavy atom. The fourth-order valence-electron chi connectivity index (χ4n) is 4.40. The second kappa shape index (κ2) is 9.64. The third kappa shape index (κ3) is 5.05. The van der Waals surface area contributed by atoms with Gasteiger partial charge in [0.1, 0.15) is 0 Å². The zero-order valence-corrected chi connectivity index (χ0v) is 20.9. The van der Waals surface area contributed by atoms with E-state index >= 15 is 0 Å². The van der Waals surface area contributed by atoms with Crippen LogP contribution in [0, 0.1) is 27.7 Å². The third-order valence-corrected chi connectivity index (χ3v) is 6.53. The minimum atomic E-state index is 1.14. The number of benzene rings is 5. The maximum atomic E-state index is 2.36. The fourth-order valence-corrected chi connectivity index (χ4v) is 4.40. The molecule has 0 heterocycles. The van der Waals surface area contributed by atoms with Crippen LogP contribution in [0.3, 0.4) is 0 Å². The minimum Gasteiger partial charge on any atom is -0.310 e. The maximum absolute atomic E-state index is 2.36. The first kappa shape index (κ1) is 22.7. The van der Waals surface area contributed by atoms with E-state index in [1.807, 2.05) is 0 Å². The maximum Gasteiger partial charge on any atom is 0.0473 e. The Morgan fingerprint density at radius 3 is 0.971 bits per heavy atom. The standard InChI is InChI=1S/C34H31N/c1-24-5-13-28(14-6-24)30-21-31(29-15-7-25(2)8-16-29)23-34(22-30)35(32-17-9-26(3)10-18-32)33-19-11-27(4)12-20-33/h5-23H,1-4H3. The van der Waals surface area contributed by atoms with E-state index in [1.165, 1.54) is 44.5 Å². The van der Waals surface area contributed by atoms with Crippen molar-refractivity contribution in [3.63, 3.8) is 0 Å². The molecule has 0 aromatic heterocycles. The van der Waals surface area contributed by atoms with Gasteiger partial charge in [0.2, 0.25) is 0 Å². The van der Waals surface area contributed by atoms with Crippen molar-refractivity contribution >= 4 is 17.1 Å². The Hall–Kier alpha value is -4.10.